The van der Waals surface area contributed by atoms with Crippen LogP contribution < -0.4 is 10.1 Å². The van der Waals surface area contributed by atoms with E-state index in [2.05, 4.69) is 11.9 Å². The molecule has 1 aromatic carbocycles. The number of hydrogen-bond donors (Lipinski definition) is 1. The number of ether oxygens (including phenoxy) is 1. The largest absolute Gasteiger partial charge is 0.479 e. The van der Waals surface area contributed by atoms with Gasteiger partial charge in [0, 0.05) is 6.54 Å². The summed E-state index contributed by atoms with van der Waals surface area (Å²) in [5.41, 5.74) is 0. The van der Waals surface area contributed by atoms with Crippen molar-refractivity contribution in [2.75, 3.05) is 6.54 Å². The smallest absolute Gasteiger partial charge is 0.261 e. The van der Waals surface area contributed by atoms with Crippen LogP contribution >= 0.6 is 11.6 Å². The molecule has 0 aliphatic rings. The maximum Gasteiger partial charge on any atom is 0.261 e. The summed E-state index contributed by atoms with van der Waals surface area (Å²) in [7, 11) is 0. The van der Waals surface area contributed by atoms with Gasteiger partial charge in [-0.2, -0.15) is 0 Å². The minimum absolute atomic E-state index is 0.160. The lowest BCUT2D eigenvalue weighted by Crippen LogP contribution is -2.38. The second kappa shape index (κ2) is 6.97. The second-order valence-electron chi connectivity index (χ2n) is 3.48. The Bertz CT molecular complexity index is 393. The van der Waals surface area contributed by atoms with Gasteiger partial charge in [0.1, 0.15) is 5.75 Å². The van der Waals surface area contributed by atoms with Crippen molar-refractivity contribution in [2.45, 2.75) is 19.4 Å². The average molecular weight is 254 g/mol. The van der Waals surface area contributed by atoms with E-state index in [0.717, 1.165) is 0 Å². The molecule has 0 saturated carbocycles. The molecule has 4 heteroatoms. The molecule has 1 atom stereocenters. The third-order valence-electron chi connectivity index (χ3n) is 2.19. The highest BCUT2D eigenvalue weighted by Gasteiger charge is 2.18. The van der Waals surface area contributed by atoms with E-state index in [0.29, 0.717) is 23.7 Å². The minimum atomic E-state index is -0.533. The van der Waals surface area contributed by atoms with Crippen molar-refractivity contribution in [1.29, 1.82) is 0 Å². The summed E-state index contributed by atoms with van der Waals surface area (Å²) in [4.78, 5) is 11.7. The molecule has 0 fully saturated rings. The molecule has 0 aliphatic heterocycles. The summed E-state index contributed by atoms with van der Waals surface area (Å²) in [6.45, 7) is 5.85. The zero-order valence-corrected chi connectivity index (χ0v) is 10.5. The Balaban J connectivity index is 2.66. The first-order chi connectivity index (χ1) is 8.19. The zero-order valence-electron chi connectivity index (χ0n) is 9.78. The maximum absolute atomic E-state index is 11.7. The SMILES string of the molecule is C=CCNC(=O)C(CC)Oc1ccccc1Cl. The van der Waals surface area contributed by atoms with Crippen LogP contribution in [-0.4, -0.2) is 18.6 Å². The lowest BCUT2D eigenvalue weighted by atomic mass is 10.2. The number of rotatable bonds is 6. The molecule has 0 bridgehead atoms. The van der Waals surface area contributed by atoms with Crippen LogP contribution in [0.15, 0.2) is 36.9 Å². The Labute approximate surface area is 106 Å². The zero-order chi connectivity index (χ0) is 12.7. The van der Waals surface area contributed by atoms with Gasteiger partial charge < -0.3 is 10.1 Å². The molecule has 0 aliphatic carbocycles. The summed E-state index contributed by atoms with van der Waals surface area (Å²) in [5, 5.41) is 3.20. The number of carbonyl (C=O) groups excluding carboxylic acids is 1. The van der Waals surface area contributed by atoms with E-state index in [1.54, 1.807) is 18.2 Å². The van der Waals surface area contributed by atoms with Gasteiger partial charge in [0.2, 0.25) is 0 Å². The van der Waals surface area contributed by atoms with Gasteiger partial charge in [-0.3, -0.25) is 4.79 Å². The van der Waals surface area contributed by atoms with Crippen molar-refractivity contribution in [3.63, 3.8) is 0 Å². The van der Waals surface area contributed by atoms with Gasteiger partial charge in [-0.05, 0) is 18.6 Å². The molecule has 1 amide bonds. The Morgan fingerprint density at radius 2 is 2.29 bits per heavy atom. The van der Waals surface area contributed by atoms with Gasteiger partial charge in [0.15, 0.2) is 6.10 Å². The summed E-state index contributed by atoms with van der Waals surface area (Å²) >= 11 is 5.96. The molecule has 92 valence electrons. The van der Waals surface area contributed by atoms with E-state index >= 15 is 0 Å². The van der Waals surface area contributed by atoms with E-state index in [1.807, 2.05) is 19.1 Å². The predicted molar refractivity (Wildman–Crippen MR) is 69.4 cm³/mol. The van der Waals surface area contributed by atoms with Crippen molar-refractivity contribution in [3.05, 3.63) is 41.9 Å². The van der Waals surface area contributed by atoms with E-state index in [9.17, 15) is 4.79 Å². The van der Waals surface area contributed by atoms with Gasteiger partial charge in [0.05, 0.1) is 5.02 Å². The van der Waals surface area contributed by atoms with Crippen LogP contribution in [0.25, 0.3) is 0 Å². The first kappa shape index (κ1) is 13.6. The molecule has 3 nitrogen and oxygen atoms in total. The predicted octanol–water partition coefficient (Wildman–Crippen LogP) is 2.80. The molecular formula is C13H16ClNO2. The molecule has 1 N–H and O–H groups in total. The van der Waals surface area contributed by atoms with Crippen molar-refractivity contribution in [1.82, 2.24) is 5.32 Å². The molecular weight excluding hydrogens is 238 g/mol. The monoisotopic (exact) mass is 253 g/mol. The van der Waals surface area contributed by atoms with Gasteiger partial charge in [-0.1, -0.05) is 36.7 Å². The first-order valence-corrected chi connectivity index (χ1v) is 5.86. The second-order valence-corrected chi connectivity index (χ2v) is 3.89. The molecule has 0 saturated heterocycles. The minimum Gasteiger partial charge on any atom is -0.479 e. The number of hydrogen-bond acceptors (Lipinski definition) is 2. The molecule has 17 heavy (non-hydrogen) atoms. The number of para-hydroxylation sites is 1. The fourth-order valence-corrected chi connectivity index (χ4v) is 1.48. The van der Waals surface area contributed by atoms with Crippen LogP contribution in [-0.2, 0) is 4.79 Å². The van der Waals surface area contributed by atoms with Crippen LogP contribution in [0.3, 0.4) is 0 Å². The number of benzene rings is 1. The van der Waals surface area contributed by atoms with Gasteiger partial charge in [-0.15, -0.1) is 6.58 Å². The average Bonchev–Trinajstić information content (AvgIpc) is 2.35. The van der Waals surface area contributed by atoms with Gasteiger partial charge in [0.25, 0.3) is 5.91 Å². The van der Waals surface area contributed by atoms with E-state index in [-0.39, 0.29) is 5.91 Å². The first-order valence-electron chi connectivity index (χ1n) is 5.48. The molecule has 0 heterocycles. The van der Waals surface area contributed by atoms with Crippen molar-refractivity contribution < 1.29 is 9.53 Å². The van der Waals surface area contributed by atoms with Crippen LogP contribution in [0, 0.1) is 0 Å². The van der Waals surface area contributed by atoms with E-state index in [1.165, 1.54) is 0 Å². The van der Waals surface area contributed by atoms with Crippen LogP contribution in [0.1, 0.15) is 13.3 Å². The third-order valence-corrected chi connectivity index (χ3v) is 2.50. The summed E-state index contributed by atoms with van der Waals surface area (Å²) < 4.78 is 5.57. The molecule has 0 aromatic heterocycles. The Kier molecular flexibility index (Phi) is 5.57. The molecule has 0 spiro atoms. The Morgan fingerprint density at radius 1 is 1.59 bits per heavy atom. The number of carbonyl (C=O) groups is 1. The normalized spacial score (nSPS) is 11.6. The molecule has 0 radical (unpaired) electrons. The Morgan fingerprint density at radius 3 is 2.88 bits per heavy atom. The summed E-state index contributed by atoms with van der Waals surface area (Å²) in [6, 6.07) is 7.10. The summed E-state index contributed by atoms with van der Waals surface area (Å²) in [5.74, 6) is 0.363. The van der Waals surface area contributed by atoms with Crippen LogP contribution in [0.4, 0.5) is 0 Å². The van der Waals surface area contributed by atoms with E-state index in [4.69, 9.17) is 16.3 Å². The maximum atomic E-state index is 11.7. The molecule has 1 rings (SSSR count). The van der Waals surface area contributed by atoms with Crippen molar-refractivity contribution in [3.8, 4) is 5.75 Å². The van der Waals surface area contributed by atoms with Crippen LogP contribution in [0.2, 0.25) is 5.02 Å². The fourth-order valence-electron chi connectivity index (χ4n) is 1.30. The topological polar surface area (TPSA) is 38.3 Å². The standard InChI is InChI=1S/C13H16ClNO2/c1-3-9-15-13(16)11(4-2)17-12-8-6-5-7-10(12)14/h3,5-8,11H,1,4,9H2,2H3,(H,15,16). The Hall–Kier alpha value is -1.48. The lowest BCUT2D eigenvalue weighted by Gasteiger charge is -2.17. The van der Waals surface area contributed by atoms with E-state index < -0.39 is 6.10 Å². The highest BCUT2D eigenvalue weighted by Crippen LogP contribution is 2.24. The summed E-state index contributed by atoms with van der Waals surface area (Å²) in [6.07, 6.45) is 1.67. The van der Waals surface area contributed by atoms with Crippen LogP contribution in [0.5, 0.6) is 5.75 Å². The third kappa shape index (κ3) is 4.11. The van der Waals surface area contributed by atoms with Gasteiger partial charge >= 0.3 is 0 Å². The lowest BCUT2D eigenvalue weighted by molar-refractivity contribution is -0.127. The molecule has 1 unspecified atom stereocenters. The van der Waals surface area contributed by atoms with Gasteiger partial charge in [-0.25, -0.2) is 0 Å². The highest BCUT2D eigenvalue weighted by molar-refractivity contribution is 6.32. The number of nitrogens with one attached hydrogen (secondary N) is 1. The number of amides is 1. The fraction of sp³-hybridized carbons (Fsp3) is 0.308. The number of halogens is 1. The molecule has 1 aromatic rings. The highest BCUT2D eigenvalue weighted by atomic mass is 35.5. The van der Waals surface area contributed by atoms with Crippen molar-refractivity contribution >= 4 is 17.5 Å². The quantitative estimate of drug-likeness (QED) is 0.792. The van der Waals surface area contributed by atoms with Crippen molar-refractivity contribution in [2.24, 2.45) is 0 Å².